The second-order valence-corrected chi connectivity index (χ2v) is 10.9. The van der Waals surface area contributed by atoms with Crippen molar-refractivity contribution in [3.8, 4) is 0 Å². The van der Waals surface area contributed by atoms with E-state index in [0.29, 0.717) is 12.2 Å². The standard InChI is InChI=1S/C24H33N5O3/c1-23(2,3)14-29-17-8-7-16(26-19(17)28(6)22(29)31)15-9-10-24(4,5)18(13-15)27-20(30)21-25-11-12-32-21/h7-8,11-12,15,18H,9-10,13-14H2,1-6H3,(H,27,30). The number of rotatable bonds is 4. The van der Waals surface area contributed by atoms with Gasteiger partial charge < -0.3 is 9.73 Å². The van der Waals surface area contributed by atoms with Gasteiger partial charge in [0.1, 0.15) is 6.26 Å². The van der Waals surface area contributed by atoms with E-state index >= 15 is 0 Å². The minimum absolute atomic E-state index is 0.0139. The number of nitrogens with zero attached hydrogens (tertiary/aromatic N) is 4. The number of carbonyl (C=O) groups is 1. The van der Waals surface area contributed by atoms with E-state index in [9.17, 15) is 9.59 Å². The molecule has 0 aliphatic heterocycles. The molecule has 4 rings (SSSR count). The molecule has 0 aromatic carbocycles. The number of hydrogen-bond acceptors (Lipinski definition) is 5. The molecule has 1 saturated carbocycles. The third-order valence-corrected chi connectivity index (χ3v) is 6.59. The quantitative estimate of drug-likeness (QED) is 0.666. The van der Waals surface area contributed by atoms with E-state index in [-0.39, 0.29) is 40.3 Å². The highest BCUT2D eigenvalue weighted by molar-refractivity contribution is 5.89. The molecule has 0 saturated heterocycles. The average molecular weight is 440 g/mol. The van der Waals surface area contributed by atoms with E-state index in [2.05, 4.69) is 44.9 Å². The van der Waals surface area contributed by atoms with E-state index < -0.39 is 0 Å². The topological polar surface area (TPSA) is 95.0 Å². The third-order valence-electron chi connectivity index (χ3n) is 6.59. The van der Waals surface area contributed by atoms with Crippen molar-refractivity contribution in [1.82, 2.24) is 24.4 Å². The first-order valence-electron chi connectivity index (χ1n) is 11.2. The summed E-state index contributed by atoms with van der Waals surface area (Å²) in [6.45, 7) is 11.4. The monoisotopic (exact) mass is 439 g/mol. The molecule has 2 atom stereocenters. The van der Waals surface area contributed by atoms with Crippen molar-refractivity contribution in [3.63, 3.8) is 0 Å². The van der Waals surface area contributed by atoms with E-state index in [1.165, 1.54) is 12.5 Å². The number of fused-ring (bicyclic) bond motifs is 1. The van der Waals surface area contributed by atoms with Gasteiger partial charge in [-0.2, -0.15) is 0 Å². The zero-order valence-corrected chi connectivity index (χ0v) is 19.8. The fourth-order valence-corrected chi connectivity index (χ4v) is 4.66. The molecule has 3 aromatic heterocycles. The van der Waals surface area contributed by atoms with Crippen LogP contribution in [-0.2, 0) is 13.6 Å². The molecule has 1 fully saturated rings. The number of nitrogens with one attached hydrogen (secondary N) is 1. The number of oxazole rings is 1. The molecule has 8 heteroatoms. The van der Waals surface area contributed by atoms with Crippen molar-refractivity contribution >= 4 is 17.1 Å². The number of pyridine rings is 1. The van der Waals surface area contributed by atoms with Crippen LogP contribution in [0.5, 0.6) is 0 Å². The normalized spacial score (nSPS) is 21.1. The Morgan fingerprint density at radius 2 is 2.06 bits per heavy atom. The fourth-order valence-electron chi connectivity index (χ4n) is 4.66. The molecule has 0 spiro atoms. The SMILES string of the molecule is Cn1c(=O)n(CC(C)(C)C)c2ccc(C3CCC(C)(C)C(NC(=O)c4ncco4)C3)nc21. The lowest BCUT2D eigenvalue weighted by atomic mass is 9.68. The van der Waals surface area contributed by atoms with Gasteiger partial charge in [-0.15, -0.1) is 0 Å². The maximum Gasteiger partial charge on any atom is 0.330 e. The van der Waals surface area contributed by atoms with Gasteiger partial charge in [-0.1, -0.05) is 34.6 Å². The predicted octanol–water partition coefficient (Wildman–Crippen LogP) is 3.86. The van der Waals surface area contributed by atoms with Crippen molar-refractivity contribution in [2.45, 2.75) is 72.4 Å². The lowest BCUT2D eigenvalue weighted by Crippen LogP contribution is -2.48. The van der Waals surface area contributed by atoms with E-state index in [4.69, 9.17) is 9.40 Å². The highest BCUT2D eigenvalue weighted by atomic mass is 16.3. The molecule has 1 amide bonds. The summed E-state index contributed by atoms with van der Waals surface area (Å²) in [6.07, 6.45) is 5.58. The molecule has 0 bridgehead atoms. The largest absolute Gasteiger partial charge is 0.441 e. The average Bonchev–Trinajstić information content (AvgIpc) is 3.33. The predicted molar refractivity (Wildman–Crippen MR) is 123 cm³/mol. The van der Waals surface area contributed by atoms with Gasteiger partial charge in [0.25, 0.3) is 5.89 Å². The van der Waals surface area contributed by atoms with Gasteiger partial charge >= 0.3 is 11.6 Å². The highest BCUT2D eigenvalue weighted by Crippen LogP contribution is 2.42. The van der Waals surface area contributed by atoms with E-state index in [1.54, 1.807) is 11.6 Å². The van der Waals surface area contributed by atoms with Crippen molar-refractivity contribution in [3.05, 3.63) is 46.7 Å². The number of imidazole rings is 1. The molecule has 1 N–H and O–H groups in total. The van der Waals surface area contributed by atoms with Gasteiger partial charge in [-0.3, -0.25) is 13.9 Å². The molecule has 8 nitrogen and oxygen atoms in total. The van der Waals surface area contributed by atoms with Crippen LogP contribution in [0.3, 0.4) is 0 Å². The Bertz CT molecular complexity index is 1180. The summed E-state index contributed by atoms with van der Waals surface area (Å²) >= 11 is 0. The van der Waals surface area contributed by atoms with Crippen molar-refractivity contribution < 1.29 is 9.21 Å². The summed E-state index contributed by atoms with van der Waals surface area (Å²) in [5.74, 6) is -0.0141. The van der Waals surface area contributed by atoms with Crippen LogP contribution < -0.4 is 11.0 Å². The summed E-state index contributed by atoms with van der Waals surface area (Å²) < 4.78 is 8.61. The van der Waals surface area contributed by atoms with Crippen molar-refractivity contribution in [2.75, 3.05) is 0 Å². The van der Waals surface area contributed by atoms with E-state index in [0.717, 1.165) is 30.5 Å². The van der Waals surface area contributed by atoms with Gasteiger partial charge in [0, 0.05) is 31.2 Å². The van der Waals surface area contributed by atoms with Crippen LogP contribution in [0.25, 0.3) is 11.2 Å². The number of aryl methyl sites for hydroxylation is 1. The first-order chi connectivity index (χ1) is 15.0. The van der Waals surface area contributed by atoms with Gasteiger partial charge in [0.15, 0.2) is 5.65 Å². The first kappa shape index (κ1) is 22.3. The van der Waals surface area contributed by atoms with E-state index in [1.807, 2.05) is 16.7 Å². The van der Waals surface area contributed by atoms with Crippen LogP contribution in [0.4, 0.5) is 0 Å². The second-order valence-electron chi connectivity index (χ2n) is 10.9. The molecule has 172 valence electrons. The minimum atomic E-state index is -0.293. The molecular formula is C24H33N5O3. The molecular weight excluding hydrogens is 406 g/mol. The molecule has 1 aliphatic rings. The number of hydrogen-bond donors (Lipinski definition) is 1. The number of carbonyl (C=O) groups excluding carboxylic acids is 1. The summed E-state index contributed by atoms with van der Waals surface area (Å²) in [5, 5.41) is 3.12. The zero-order valence-electron chi connectivity index (χ0n) is 19.8. The molecule has 2 unspecified atom stereocenters. The Hall–Kier alpha value is -2.90. The summed E-state index contributed by atoms with van der Waals surface area (Å²) in [6, 6.07) is 4.02. The van der Waals surface area contributed by atoms with Crippen LogP contribution in [0.2, 0.25) is 0 Å². The van der Waals surface area contributed by atoms with Gasteiger partial charge in [0.05, 0.1) is 11.7 Å². The maximum absolute atomic E-state index is 12.8. The van der Waals surface area contributed by atoms with Gasteiger partial charge in [0.2, 0.25) is 0 Å². The Morgan fingerprint density at radius 1 is 1.31 bits per heavy atom. The highest BCUT2D eigenvalue weighted by Gasteiger charge is 2.39. The van der Waals surface area contributed by atoms with Crippen LogP contribution in [0.1, 0.15) is 76.2 Å². The lowest BCUT2D eigenvalue weighted by Gasteiger charge is -2.42. The van der Waals surface area contributed by atoms with Gasteiger partial charge in [-0.05, 0) is 42.2 Å². The first-order valence-corrected chi connectivity index (χ1v) is 11.2. The van der Waals surface area contributed by atoms with Crippen LogP contribution in [0.15, 0.2) is 33.8 Å². The summed E-state index contributed by atoms with van der Waals surface area (Å²) in [5.41, 5.74) is 2.43. The van der Waals surface area contributed by atoms with Crippen molar-refractivity contribution in [2.24, 2.45) is 17.9 Å². The summed E-state index contributed by atoms with van der Waals surface area (Å²) in [4.78, 5) is 34.3. The number of aromatic nitrogens is 4. The third kappa shape index (κ3) is 4.23. The molecule has 3 heterocycles. The molecule has 1 aliphatic carbocycles. The van der Waals surface area contributed by atoms with Crippen LogP contribution in [-0.4, -0.2) is 31.1 Å². The Kier molecular flexibility index (Phi) is 5.51. The Balaban J connectivity index is 1.61. The Morgan fingerprint density at radius 3 is 2.72 bits per heavy atom. The minimum Gasteiger partial charge on any atom is -0.441 e. The summed E-state index contributed by atoms with van der Waals surface area (Å²) in [7, 11) is 1.78. The number of amides is 1. The van der Waals surface area contributed by atoms with Gasteiger partial charge in [-0.25, -0.2) is 14.8 Å². The fraction of sp³-hybridized carbons (Fsp3) is 0.583. The molecule has 3 aromatic rings. The maximum atomic E-state index is 12.8. The smallest absolute Gasteiger partial charge is 0.330 e. The van der Waals surface area contributed by atoms with Crippen LogP contribution in [0, 0.1) is 10.8 Å². The molecule has 32 heavy (non-hydrogen) atoms. The Labute approximate surface area is 188 Å². The molecule has 0 radical (unpaired) electrons. The van der Waals surface area contributed by atoms with Crippen molar-refractivity contribution in [1.29, 1.82) is 0 Å². The zero-order chi connectivity index (χ0) is 23.3. The lowest BCUT2D eigenvalue weighted by molar-refractivity contribution is 0.0802. The van der Waals surface area contributed by atoms with Crippen LogP contribution >= 0.6 is 0 Å². The second kappa shape index (κ2) is 7.90.